The molecule has 2 amide bonds. The van der Waals surface area contributed by atoms with E-state index in [0.717, 1.165) is 5.56 Å². The van der Waals surface area contributed by atoms with Gasteiger partial charge in [0.15, 0.2) is 5.13 Å². The molecule has 2 atom stereocenters. The number of anilines is 1. The van der Waals surface area contributed by atoms with Crippen LogP contribution in [0.25, 0.3) is 0 Å². The Morgan fingerprint density at radius 2 is 2.16 bits per heavy atom. The van der Waals surface area contributed by atoms with Gasteiger partial charge < -0.3 is 15.5 Å². The van der Waals surface area contributed by atoms with Gasteiger partial charge in [0.1, 0.15) is 0 Å². The number of carbonyl (C=O) groups is 1. The highest BCUT2D eigenvalue weighted by Crippen LogP contribution is 2.33. The topological polar surface area (TPSA) is 94.5 Å². The van der Waals surface area contributed by atoms with Crippen molar-refractivity contribution < 1.29 is 15.0 Å². The van der Waals surface area contributed by atoms with Crippen molar-refractivity contribution in [3.63, 3.8) is 0 Å². The number of hydrogen-bond acceptors (Lipinski definition) is 5. The summed E-state index contributed by atoms with van der Waals surface area (Å²) >= 11 is 7.16. The quantitative estimate of drug-likeness (QED) is 0.579. The van der Waals surface area contributed by atoms with E-state index in [4.69, 9.17) is 23.1 Å². The van der Waals surface area contributed by atoms with E-state index in [1.807, 2.05) is 19.1 Å². The number of terminal acetylenes is 1. The fourth-order valence-corrected chi connectivity index (χ4v) is 3.01. The van der Waals surface area contributed by atoms with Crippen LogP contribution in [-0.2, 0) is 5.41 Å². The van der Waals surface area contributed by atoms with Crippen LogP contribution in [-0.4, -0.2) is 40.5 Å². The maximum absolute atomic E-state index is 11.8. The minimum absolute atomic E-state index is 0.0621. The van der Waals surface area contributed by atoms with E-state index in [1.54, 1.807) is 17.5 Å². The summed E-state index contributed by atoms with van der Waals surface area (Å²) in [4.78, 5) is 16.2. The summed E-state index contributed by atoms with van der Waals surface area (Å²) in [7, 11) is 0. The van der Waals surface area contributed by atoms with Gasteiger partial charge in [0.25, 0.3) is 0 Å². The normalized spacial score (nSPS) is 14.2. The Balaban J connectivity index is 2.12. The van der Waals surface area contributed by atoms with Gasteiger partial charge in [-0.3, -0.25) is 5.32 Å². The summed E-state index contributed by atoms with van der Waals surface area (Å²) in [5.74, 6) is 2.76. The molecule has 2 rings (SSSR count). The van der Waals surface area contributed by atoms with E-state index in [9.17, 15) is 9.90 Å². The Bertz CT molecular complexity index is 772. The standard InChI is InChI=1S/C17H18ClN3O3S/c1-3-17(2,11-4-6-12(18)7-5-11)14-10-25-16(20-14)21-15(24)19-8-13(23)9-22/h1,4-7,10,13,22-23H,8-9H2,2H3,(H2,19,20,21,24)/t13-,17-/m0/s1. The van der Waals surface area contributed by atoms with Gasteiger partial charge in [-0.25, -0.2) is 9.78 Å². The molecule has 4 N–H and O–H groups in total. The van der Waals surface area contributed by atoms with Crippen LogP contribution < -0.4 is 10.6 Å². The first-order valence-corrected chi connectivity index (χ1v) is 8.68. The summed E-state index contributed by atoms with van der Waals surface area (Å²) < 4.78 is 0. The molecule has 132 valence electrons. The summed E-state index contributed by atoms with van der Waals surface area (Å²) in [6.07, 6.45) is 4.74. The Labute approximate surface area is 154 Å². The number of aromatic nitrogens is 1. The van der Waals surface area contributed by atoms with Gasteiger partial charge in [-0.2, -0.15) is 0 Å². The first-order chi connectivity index (χ1) is 11.9. The number of benzene rings is 1. The van der Waals surface area contributed by atoms with Crippen molar-refractivity contribution in [3.8, 4) is 12.3 Å². The summed E-state index contributed by atoms with van der Waals surface area (Å²) in [6, 6.07) is 6.69. The van der Waals surface area contributed by atoms with Gasteiger partial charge in [0, 0.05) is 16.9 Å². The minimum atomic E-state index is -1.01. The number of aliphatic hydroxyl groups is 2. The predicted molar refractivity (Wildman–Crippen MR) is 99.0 cm³/mol. The fourth-order valence-electron chi connectivity index (χ4n) is 2.07. The molecule has 6 nitrogen and oxygen atoms in total. The molecule has 0 unspecified atom stereocenters. The lowest BCUT2D eigenvalue weighted by Crippen LogP contribution is -2.36. The molecule has 0 spiro atoms. The first-order valence-electron chi connectivity index (χ1n) is 7.42. The maximum atomic E-state index is 11.8. The minimum Gasteiger partial charge on any atom is -0.394 e. The molecular formula is C17H18ClN3O3S. The lowest BCUT2D eigenvalue weighted by atomic mass is 9.81. The average Bonchev–Trinajstić information content (AvgIpc) is 3.08. The molecule has 25 heavy (non-hydrogen) atoms. The lowest BCUT2D eigenvalue weighted by molar-refractivity contribution is 0.0965. The molecule has 0 radical (unpaired) electrons. The molecule has 0 fully saturated rings. The van der Waals surface area contributed by atoms with Gasteiger partial charge in [0.05, 0.1) is 23.8 Å². The fraction of sp³-hybridized carbons (Fsp3) is 0.294. The molecule has 0 aliphatic heterocycles. The maximum Gasteiger partial charge on any atom is 0.321 e. The third kappa shape index (κ3) is 4.71. The highest BCUT2D eigenvalue weighted by Gasteiger charge is 2.29. The molecule has 1 heterocycles. The summed E-state index contributed by atoms with van der Waals surface area (Å²) in [5, 5.41) is 25.7. The van der Waals surface area contributed by atoms with Crippen LogP contribution in [0, 0.1) is 12.3 Å². The van der Waals surface area contributed by atoms with Crippen molar-refractivity contribution in [2.45, 2.75) is 18.4 Å². The van der Waals surface area contributed by atoms with Crippen molar-refractivity contribution in [2.75, 3.05) is 18.5 Å². The number of hydrogen-bond donors (Lipinski definition) is 4. The van der Waals surface area contributed by atoms with Crippen LogP contribution in [0.15, 0.2) is 29.6 Å². The van der Waals surface area contributed by atoms with Crippen LogP contribution in [0.3, 0.4) is 0 Å². The second-order valence-electron chi connectivity index (χ2n) is 5.49. The molecule has 0 aliphatic rings. The van der Waals surface area contributed by atoms with E-state index in [1.165, 1.54) is 11.3 Å². The number of nitrogens with one attached hydrogen (secondary N) is 2. The second kappa shape index (κ2) is 8.32. The summed E-state index contributed by atoms with van der Waals surface area (Å²) in [6.45, 7) is 1.38. The number of nitrogens with zero attached hydrogens (tertiary/aromatic N) is 1. The Kier molecular flexibility index (Phi) is 6.39. The first kappa shape index (κ1) is 19.2. The highest BCUT2D eigenvalue weighted by molar-refractivity contribution is 7.14. The lowest BCUT2D eigenvalue weighted by Gasteiger charge is -2.22. The van der Waals surface area contributed by atoms with Gasteiger partial charge in [0.2, 0.25) is 0 Å². The van der Waals surface area contributed by atoms with Crippen LogP contribution >= 0.6 is 22.9 Å². The molecule has 1 aromatic carbocycles. The van der Waals surface area contributed by atoms with Crippen molar-refractivity contribution in [3.05, 3.63) is 45.9 Å². The number of thiazole rings is 1. The zero-order valence-electron chi connectivity index (χ0n) is 13.5. The number of rotatable bonds is 6. The average molecular weight is 380 g/mol. The van der Waals surface area contributed by atoms with Gasteiger partial charge >= 0.3 is 6.03 Å². The van der Waals surface area contributed by atoms with Crippen LogP contribution in [0.5, 0.6) is 0 Å². The zero-order valence-corrected chi connectivity index (χ0v) is 15.1. The summed E-state index contributed by atoms with van der Waals surface area (Å²) in [5.41, 5.74) is 0.740. The number of halogens is 1. The Hall–Kier alpha value is -2.11. The van der Waals surface area contributed by atoms with Crippen molar-refractivity contribution in [2.24, 2.45) is 0 Å². The van der Waals surface area contributed by atoms with Crippen LogP contribution in [0.1, 0.15) is 18.2 Å². The third-order valence-electron chi connectivity index (χ3n) is 3.66. The zero-order chi connectivity index (χ0) is 18.4. The number of amides is 2. The molecule has 0 saturated heterocycles. The van der Waals surface area contributed by atoms with Crippen molar-refractivity contribution >= 4 is 34.1 Å². The Morgan fingerprint density at radius 1 is 1.48 bits per heavy atom. The van der Waals surface area contributed by atoms with Crippen molar-refractivity contribution in [1.82, 2.24) is 10.3 Å². The molecule has 8 heteroatoms. The van der Waals surface area contributed by atoms with Crippen molar-refractivity contribution in [1.29, 1.82) is 0 Å². The predicted octanol–water partition coefficient (Wildman–Crippen LogP) is 2.21. The van der Waals surface area contributed by atoms with Crippen LogP contribution in [0.4, 0.5) is 9.93 Å². The van der Waals surface area contributed by atoms with E-state index >= 15 is 0 Å². The van der Waals surface area contributed by atoms with E-state index in [-0.39, 0.29) is 6.54 Å². The largest absolute Gasteiger partial charge is 0.394 e. The second-order valence-corrected chi connectivity index (χ2v) is 6.78. The van der Waals surface area contributed by atoms with Gasteiger partial charge in [-0.1, -0.05) is 29.7 Å². The van der Waals surface area contributed by atoms with E-state index in [0.29, 0.717) is 15.8 Å². The molecule has 0 bridgehead atoms. The van der Waals surface area contributed by atoms with Crippen LogP contribution in [0.2, 0.25) is 5.02 Å². The third-order valence-corrected chi connectivity index (χ3v) is 4.67. The number of aliphatic hydroxyl groups excluding tert-OH is 2. The molecule has 1 aromatic heterocycles. The number of carbonyl (C=O) groups excluding carboxylic acids is 1. The SMILES string of the molecule is C#C[C@@](C)(c1ccc(Cl)cc1)c1csc(NC(=O)NC[C@H](O)CO)n1. The monoisotopic (exact) mass is 379 g/mol. The smallest absolute Gasteiger partial charge is 0.321 e. The molecule has 2 aromatic rings. The van der Waals surface area contributed by atoms with Gasteiger partial charge in [-0.15, -0.1) is 17.8 Å². The molecule has 0 saturated carbocycles. The molecular weight excluding hydrogens is 362 g/mol. The highest BCUT2D eigenvalue weighted by atomic mass is 35.5. The molecule has 0 aliphatic carbocycles. The Morgan fingerprint density at radius 3 is 2.76 bits per heavy atom. The number of urea groups is 1. The van der Waals surface area contributed by atoms with E-state index in [2.05, 4.69) is 21.5 Å². The van der Waals surface area contributed by atoms with E-state index < -0.39 is 24.2 Å². The van der Waals surface area contributed by atoms with Gasteiger partial charge in [-0.05, 0) is 24.6 Å².